The summed E-state index contributed by atoms with van der Waals surface area (Å²) >= 11 is 0. The fraction of sp³-hybridized carbons (Fsp3) is 0.500. The summed E-state index contributed by atoms with van der Waals surface area (Å²) in [5.74, 6) is -0.846. The van der Waals surface area contributed by atoms with Crippen LogP contribution in [0.4, 0.5) is 4.79 Å². The summed E-state index contributed by atoms with van der Waals surface area (Å²) < 4.78 is 5.37. The van der Waals surface area contributed by atoms with E-state index in [0.717, 1.165) is 5.56 Å². The average Bonchev–Trinajstić information content (AvgIpc) is 3.11. The average molecular weight is 304 g/mol. The Kier molecular flexibility index (Phi) is 3.78. The monoisotopic (exact) mass is 304 g/mol. The minimum atomic E-state index is -0.846. The van der Waals surface area contributed by atoms with Gasteiger partial charge in [0, 0.05) is 19.6 Å². The molecule has 1 aromatic rings. The highest BCUT2D eigenvalue weighted by Gasteiger charge is 2.42. The predicted octanol–water partition coefficient (Wildman–Crippen LogP) is 1.72. The van der Waals surface area contributed by atoms with E-state index < -0.39 is 11.4 Å². The summed E-state index contributed by atoms with van der Waals surface area (Å²) in [6, 6.07) is 5.86. The molecule has 6 nitrogen and oxygen atoms in total. The highest BCUT2D eigenvalue weighted by molar-refractivity contribution is 5.79. The van der Waals surface area contributed by atoms with Crippen LogP contribution in [0.15, 0.2) is 18.2 Å². The summed E-state index contributed by atoms with van der Waals surface area (Å²) in [6.45, 7) is 4.14. The van der Waals surface area contributed by atoms with Crippen LogP contribution in [0.5, 0.6) is 0 Å². The maximum Gasteiger partial charge on any atom is 0.317 e. The van der Waals surface area contributed by atoms with Crippen LogP contribution in [-0.4, -0.2) is 35.1 Å². The molecule has 2 aliphatic rings. The zero-order chi connectivity index (χ0) is 15.7. The highest BCUT2D eigenvalue weighted by Crippen LogP contribution is 2.30. The van der Waals surface area contributed by atoms with E-state index in [0.29, 0.717) is 32.7 Å². The van der Waals surface area contributed by atoms with Gasteiger partial charge in [0.15, 0.2) is 0 Å². The second-order valence-corrected chi connectivity index (χ2v) is 6.29. The second kappa shape index (κ2) is 5.61. The van der Waals surface area contributed by atoms with Gasteiger partial charge in [-0.2, -0.15) is 0 Å². The number of hydrogen-bond acceptors (Lipinski definition) is 3. The first kappa shape index (κ1) is 14.8. The van der Waals surface area contributed by atoms with E-state index in [1.165, 1.54) is 11.1 Å². The number of nitrogens with zero attached hydrogens (tertiary/aromatic N) is 1. The number of urea groups is 1. The number of ether oxygens (including phenoxy) is 1. The smallest absolute Gasteiger partial charge is 0.317 e. The molecule has 22 heavy (non-hydrogen) atoms. The Morgan fingerprint density at radius 2 is 2.14 bits per heavy atom. The predicted molar refractivity (Wildman–Crippen MR) is 79.1 cm³/mol. The third-order valence-electron chi connectivity index (χ3n) is 4.51. The van der Waals surface area contributed by atoms with Crippen molar-refractivity contribution < 1.29 is 19.4 Å². The quantitative estimate of drug-likeness (QED) is 0.891. The van der Waals surface area contributed by atoms with Gasteiger partial charge in [0.25, 0.3) is 0 Å². The minimum absolute atomic E-state index is 0.207. The molecule has 1 saturated heterocycles. The Hall–Kier alpha value is -2.08. The third kappa shape index (κ3) is 2.78. The lowest BCUT2D eigenvalue weighted by Crippen LogP contribution is -2.40. The van der Waals surface area contributed by atoms with E-state index in [9.17, 15) is 14.7 Å². The number of amides is 2. The van der Waals surface area contributed by atoms with Crippen LogP contribution in [0.3, 0.4) is 0 Å². The molecule has 118 valence electrons. The van der Waals surface area contributed by atoms with Crippen LogP contribution in [0, 0.1) is 5.41 Å². The summed E-state index contributed by atoms with van der Waals surface area (Å²) in [5.41, 5.74) is 2.57. The number of aliphatic carboxylic acids is 1. The number of carbonyl (C=O) groups excluding carboxylic acids is 1. The maximum absolute atomic E-state index is 12.2. The summed E-state index contributed by atoms with van der Waals surface area (Å²) in [7, 11) is 0. The molecule has 0 radical (unpaired) electrons. The van der Waals surface area contributed by atoms with Gasteiger partial charge in [-0.25, -0.2) is 4.79 Å². The number of benzene rings is 1. The Morgan fingerprint density at radius 1 is 1.36 bits per heavy atom. The first-order valence-corrected chi connectivity index (χ1v) is 7.42. The number of hydrogen-bond donors (Lipinski definition) is 2. The molecular weight excluding hydrogens is 284 g/mol. The van der Waals surface area contributed by atoms with E-state index >= 15 is 0 Å². The second-order valence-electron chi connectivity index (χ2n) is 6.29. The molecule has 3 rings (SSSR count). The van der Waals surface area contributed by atoms with Crippen molar-refractivity contribution in [3.05, 3.63) is 34.9 Å². The van der Waals surface area contributed by atoms with Crippen LogP contribution in [-0.2, 0) is 29.3 Å². The lowest BCUT2D eigenvalue weighted by molar-refractivity contribution is -0.146. The van der Waals surface area contributed by atoms with Crippen molar-refractivity contribution in [2.75, 3.05) is 13.1 Å². The van der Waals surface area contributed by atoms with E-state index in [2.05, 4.69) is 5.32 Å². The van der Waals surface area contributed by atoms with Crippen molar-refractivity contribution in [2.24, 2.45) is 5.41 Å². The first-order chi connectivity index (χ1) is 10.5. The molecule has 1 unspecified atom stereocenters. The van der Waals surface area contributed by atoms with Crippen molar-refractivity contribution >= 4 is 12.0 Å². The Labute approximate surface area is 129 Å². The molecule has 6 heteroatoms. The topological polar surface area (TPSA) is 78.9 Å². The third-order valence-corrected chi connectivity index (χ3v) is 4.51. The largest absolute Gasteiger partial charge is 0.481 e. The molecule has 1 atom stereocenters. The van der Waals surface area contributed by atoms with Crippen molar-refractivity contribution in [3.8, 4) is 0 Å². The molecular formula is C16H20N2O4. The molecule has 0 spiro atoms. The Bertz CT molecular complexity index is 616. The minimum Gasteiger partial charge on any atom is -0.481 e. The summed E-state index contributed by atoms with van der Waals surface area (Å²) in [6.07, 6.45) is 0.492. The molecule has 0 aliphatic carbocycles. The number of nitrogens with one attached hydrogen (secondary N) is 1. The number of fused-ring (bicyclic) bond motifs is 1. The van der Waals surface area contributed by atoms with Crippen LogP contribution in [0.25, 0.3) is 0 Å². The molecule has 1 aromatic carbocycles. The molecule has 2 N–H and O–H groups in total. The molecule has 2 amide bonds. The molecule has 0 aromatic heterocycles. The zero-order valence-electron chi connectivity index (χ0n) is 12.6. The Morgan fingerprint density at radius 3 is 2.86 bits per heavy atom. The summed E-state index contributed by atoms with van der Waals surface area (Å²) in [5, 5.41) is 12.1. The van der Waals surface area contributed by atoms with E-state index in [1.54, 1.807) is 11.8 Å². The van der Waals surface area contributed by atoms with Gasteiger partial charge in [-0.3, -0.25) is 4.79 Å². The van der Waals surface area contributed by atoms with Crippen LogP contribution in [0.1, 0.15) is 30.0 Å². The van der Waals surface area contributed by atoms with E-state index in [4.69, 9.17) is 4.74 Å². The molecule has 0 bridgehead atoms. The number of carboxylic acids is 1. The lowest BCUT2D eigenvalue weighted by atomic mass is 9.90. The van der Waals surface area contributed by atoms with Crippen molar-refractivity contribution in [1.82, 2.24) is 10.2 Å². The van der Waals surface area contributed by atoms with Gasteiger partial charge in [-0.1, -0.05) is 18.2 Å². The van der Waals surface area contributed by atoms with Crippen LogP contribution < -0.4 is 5.32 Å². The SMILES string of the molecule is CC1(C(=O)O)CCN(C(=O)NCc2ccc3c(c2)COC3)C1. The molecule has 0 saturated carbocycles. The number of carbonyl (C=O) groups is 2. The van der Waals surface area contributed by atoms with Gasteiger partial charge in [-0.05, 0) is 30.0 Å². The van der Waals surface area contributed by atoms with Crippen molar-refractivity contribution in [2.45, 2.75) is 33.1 Å². The van der Waals surface area contributed by atoms with Gasteiger partial charge in [-0.15, -0.1) is 0 Å². The molecule has 2 heterocycles. The summed E-state index contributed by atoms with van der Waals surface area (Å²) in [4.78, 5) is 24.9. The number of likely N-dealkylation sites (tertiary alicyclic amines) is 1. The van der Waals surface area contributed by atoms with Crippen molar-refractivity contribution in [1.29, 1.82) is 0 Å². The van der Waals surface area contributed by atoms with Gasteiger partial charge in [0.1, 0.15) is 0 Å². The Balaban J connectivity index is 1.56. The van der Waals surface area contributed by atoms with E-state index in [-0.39, 0.29) is 12.6 Å². The van der Waals surface area contributed by atoms with E-state index in [1.807, 2.05) is 18.2 Å². The lowest BCUT2D eigenvalue weighted by Gasteiger charge is -2.20. The number of carboxylic acid groups (broad SMARTS) is 1. The highest BCUT2D eigenvalue weighted by atomic mass is 16.5. The van der Waals surface area contributed by atoms with Crippen LogP contribution >= 0.6 is 0 Å². The zero-order valence-corrected chi connectivity index (χ0v) is 12.6. The van der Waals surface area contributed by atoms with Crippen LogP contribution in [0.2, 0.25) is 0 Å². The van der Waals surface area contributed by atoms with Gasteiger partial charge in [0.2, 0.25) is 0 Å². The maximum atomic E-state index is 12.2. The van der Waals surface area contributed by atoms with Gasteiger partial charge >= 0.3 is 12.0 Å². The normalized spacial score (nSPS) is 23.4. The fourth-order valence-corrected chi connectivity index (χ4v) is 2.93. The fourth-order valence-electron chi connectivity index (χ4n) is 2.93. The number of rotatable bonds is 3. The molecule has 1 fully saturated rings. The molecule has 2 aliphatic heterocycles. The first-order valence-electron chi connectivity index (χ1n) is 7.42. The van der Waals surface area contributed by atoms with Gasteiger partial charge < -0.3 is 20.1 Å². The standard InChI is InChI=1S/C16H20N2O4/c1-16(14(19)20)4-5-18(10-16)15(21)17-7-11-2-3-12-8-22-9-13(12)6-11/h2-3,6H,4-5,7-10H2,1H3,(H,17,21)(H,19,20). The van der Waals surface area contributed by atoms with Crippen molar-refractivity contribution in [3.63, 3.8) is 0 Å². The van der Waals surface area contributed by atoms with Gasteiger partial charge in [0.05, 0.1) is 18.6 Å².